The first-order chi connectivity index (χ1) is 26.3. The van der Waals surface area contributed by atoms with E-state index in [1.165, 1.54) is 0 Å². The number of hydrogen-bond donors (Lipinski definition) is 13. The van der Waals surface area contributed by atoms with Crippen LogP contribution in [0.5, 0.6) is 69.0 Å². The summed E-state index contributed by atoms with van der Waals surface area (Å²) in [5, 5.41) is 129. The summed E-state index contributed by atoms with van der Waals surface area (Å²) in [6.07, 6.45) is -11.2. The molecule has 0 spiro atoms. The van der Waals surface area contributed by atoms with Gasteiger partial charge in [-0.2, -0.15) is 0 Å². The predicted molar refractivity (Wildman–Crippen MR) is 175 cm³/mol. The molecule has 13 N–H and O–H groups in total. The first-order valence-corrected chi connectivity index (χ1v) is 15.4. The number of benzene rings is 4. The maximum Gasteiger partial charge on any atom is 0.340 e. The van der Waals surface area contributed by atoms with E-state index in [0.717, 1.165) is 0 Å². The predicted octanol–water partition coefficient (Wildman–Crippen LogP) is 0.705. The number of phenols is 12. The van der Waals surface area contributed by atoms with Gasteiger partial charge in [-0.25, -0.2) is 19.2 Å². The Balaban J connectivity index is 1.54. The number of aromatic hydroxyl groups is 12. The smallest absolute Gasteiger partial charge is 0.340 e. The van der Waals surface area contributed by atoms with Crippen molar-refractivity contribution >= 4 is 23.9 Å². The van der Waals surface area contributed by atoms with Gasteiger partial charge in [0, 0.05) is 0 Å². The van der Waals surface area contributed by atoms with E-state index >= 15 is 0 Å². The van der Waals surface area contributed by atoms with Crippen molar-refractivity contribution in [3.63, 3.8) is 0 Å². The Morgan fingerprint density at radius 1 is 0.446 bits per heavy atom. The van der Waals surface area contributed by atoms with E-state index in [-0.39, 0.29) is 0 Å². The summed E-state index contributed by atoms with van der Waals surface area (Å²) in [7, 11) is 0. The molecule has 0 amide bonds. The standard InChI is InChI=1S/C34H28O22/c35-14-1-10(2-15(36)23(14)43)30(48)52-9-22-28(54-31(49)11-3-16(37)24(44)17(38)4-11)27(47)29(55-32(50)12-5-18(39)25(45)19(40)6-12)34(53-22)56-33(51)13-7-20(41)26(46)21(42)8-13/h1-8,22,27-29,34-47H,9H2/t22?,27?,28-,29?,34+/m1/s1. The van der Waals surface area contributed by atoms with Gasteiger partial charge in [-0.15, -0.1) is 0 Å². The van der Waals surface area contributed by atoms with Gasteiger partial charge in [0.05, 0.1) is 22.3 Å². The third-order valence-corrected chi connectivity index (χ3v) is 7.93. The Kier molecular flexibility index (Phi) is 10.8. The fraction of sp³-hybridized carbons (Fsp3) is 0.176. The number of rotatable bonds is 9. The average Bonchev–Trinajstić information content (AvgIpc) is 3.14. The third kappa shape index (κ3) is 7.95. The molecule has 4 aromatic carbocycles. The molecule has 5 atom stereocenters. The summed E-state index contributed by atoms with van der Waals surface area (Å²) < 4.78 is 26.7. The molecule has 1 aliphatic rings. The highest BCUT2D eigenvalue weighted by molar-refractivity contribution is 5.93. The van der Waals surface area contributed by atoms with Crippen LogP contribution in [0.1, 0.15) is 41.4 Å². The fourth-order valence-electron chi connectivity index (χ4n) is 5.08. The molecular formula is C34H28O22. The molecule has 56 heavy (non-hydrogen) atoms. The quantitative estimate of drug-likeness (QED) is 0.0630. The summed E-state index contributed by atoms with van der Waals surface area (Å²) in [6, 6.07) is 5.06. The van der Waals surface area contributed by atoms with Crippen LogP contribution in [0, 0.1) is 0 Å². The second-order valence-electron chi connectivity index (χ2n) is 11.7. The molecule has 0 aliphatic carbocycles. The molecule has 0 bridgehead atoms. The fourth-order valence-corrected chi connectivity index (χ4v) is 5.08. The summed E-state index contributed by atoms with van der Waals surface area (Å²) in [6.45, 7) is -1.09. The van der Waals surface area contributed by atoms with Gasteiger partial charge >= 0.3 is 23.9 Å². The van der Waals surface area contributed by atoms with Crippen LogP contribution in [0.15, 0.2) is 48.5 Å². The lowest BCUT2D eigenvalue weighted by Crippen LogP contribution is -2.62. The Morgan fingerprint density at radius 2 is 0.732 bits per heavy atom. The van der Waals surface area contributed by atoms with Crippen LogP contribution in [-0.2, 0) is 23.7 Å². The average molecular weight is 789 g/mol. The van der Waals surface area contributed by atoms with Crippen molar-refractivity contribution in [3.8, 4) is 69.0 Å². The highest BCUT2D eigenvalue weighted by Gasteiger charge is 2.52. The number of ether oxygens (including phenoxy) is 5. The number of hydrogen-bond acceptors (Lipinski definition) is 22. The van der Waals surface area contributed by atoms with Crippen LogP contribution >= 0.6 is 0 Å². The van der Waals surface area contributed by atoms with Gasteiger partial charge < -0.3 is 90.1 Å². The first kappa shape index (κ1) is 39.5. The van der Waals surface area contributed by atoms with E-state index in [2.05, 4.69) is 0 Å². The lowest BCUT2D eigenvalue weighted by molar-refractivity contribution is -0.283. The Labute approximate surface area is 310 Å². The lowest BCUT2D eigenvalue weighted by Gasteiger charge is -2.42. The topological polar surface area (TPSA) is 377 Å². The minimum absolute atomic E-state index is 0.570. The molecule has 22 heteroatoms. The molecule has 0 saturated carbocycles. The monoisotopic (exact) mass is 788 g/mol. The van der Waals surface area contributed by atoms with Crippen molar-refractivity contribution in [1.82, 2.24) is 0 Å². The maximum absolute atomic E-state index is 13.3. The highest BCUT2D eigenvalue weighted by Crippen LogP contribution is 2.40. The molecule has 296 valence electrons. The molecule has 22 nitrogen and oxygen atoms in total. The van der Waals surface area contributed by atoms with Crippen molar-refractivity contribution in [3.05, 3.63) is 70.8 Å². The minimum Gasteiger partial charge on any atom is -0.504 e. The van der Waals surface area contributed by atoms with Gasteiger partial charge in [0.1, 0.15) is 18.8 Å². The van der Waals surface area contributed by atoms with E-state index in [9.17, 15) is 85.6 Å². The van der Waals surface area contributed by atoms with E-state index in [1.807, 2.05) is 0 Å². The molecule has 3 unspecified atom stereocenters. The molecule has 1 saturated heterocycles. The van der Waals surface area contributed by atoms with E-state index in [1.54, 1.807) is 0 Å². The highest BCUT2D eigenvalue weighted by atomic mass is 16.7. The number of carbonyl (C=O) groups excluding carboxylic acids is 4. The zero-order valence-corrected chi connectivity index (χ0v) is 27.7. The Morgan fingerprint density at radius 3 is 1.07 bits per heavy atom. The lowest BCUT2D eigenvalue weighted by atomic mass is 9.98. The van der Waals surface area contributed by atoms with Crippen molar-refractivity contribution in [1.29, 1.82) is 0 Å². The third-order valence-electron chi connectivity index (χ3n) is 7.93. The van der Waals surface area contributed by atoms with Crippen LogP contribution in [0.4, 0.5) is 0 Å². The molecular weight excluding hydrogens is 760 g/mol. The molecule has 1 aliphatic heterocycles. The van der Waals surface area contributed by atoms with Crippen molar-refractivity contribution in [2.24, 2.45) is 0 Å². The number of phenolic OH excluding ortho intramolecular Hbond substituents is 12. The van der Waals surface area contributed by atoms with Crippen LogP contribution in [-0.4, -0.2) is 128 Å². The van der Waals surface area contributed by atoms with Crippen LogP contribution in [0.3, 0.4) is 0 Å². The minimum atomic E-state index is -2.40. The van der Waals surface area contributed by atoms with Crippen LogP contribution in [0.2, 0.25) is 0 Å². The summed E-state index contributed by atoms with van der Waals surface area (Å²) in [5.41, 5.74) is -2.60. The second kappa shape index (κ2) is 15.3. The summed E-state index contributed by atoms with van der Waals surface area (Å²) >= 11 is 0. The maximum atomic E-state index is 13.3. The zero-order valence-electron chi connectivity index (χ0n) is 27.7. The number of aliphatic hydroxyl groups is 1. The van der Waals surface area contributed by atoms with Crippen molar-refractivity contribution in [2.75, 3.05) is 6.61 Å². The SMILES string of the molecule is O=C(OCC1O[C@@H](OC(=O)c2cc(O)c(O)c(O)c2)C(OC(=O)c2cc(O)c(O)c(O)c2)C(O)[C@@H]1OC(=O)c1cc(O)c(O)c(O)c1)c1cc(O)c(O)c(O)c1. The molecule has 1 fully saturated rings. The zero-order chi connectivity index (χ0) is 41.3. The van der Waals surface area contributed by atoms with E-state index in [4.69, 9.17) is 23.7 Å². The van der Waals surface area contributed by atoms with E-state index in [0.29, 0.717) is 48.5 Å². The normalized spacial score (nSPS) is 19.1. The van der Waals surface area contributed by atoms with Gasteiger partial charge in [-0.05, 0) is 48.5 Å². The Hall–Kier alpha value is -7.72. The molecule has 1 heterocycles. The van der Waals surface area contributed by atoms with Gasteiger partial charge in [0.15, 0.2) is 81.2 Å². The molecule has 0 radical (unpaired) electrons. The summed E-state index contributed by atoms with van der Waals surface area (Å²) in [4.78, 5) is 52.6. The molecule has 0 aromatic heterocycles. The number of aliphatic hydroxyl groups excluding tert-OH is 1. The Bertz CT molecular complexity index is 2140. The van der Waals surface area contributed by atoms with E-state index < -0.39 is 152 Å². The van der Waals surface area contributed by atoms with Crippen LogP contribution < -0.4 is 0 Å². The largest absolute Gasteiger partial charge is 0.504 e. The van der Waals surface area contributed by atoms with Gasteiger partial charge in [0.25, 0.3) is 0 Å². The van der Waals surface area contributed by atoms with Gasteiger partial charge in [-0.1, -0.05) is 0 Å². The molecule has 4 aromatic rings. The first-order valence-electron chi connectivity index (χ1n) is 15.4. The molecule has 5 rings (SSSR count). The van der Waals surface area contributed by atoms with Crippen molar-refractivity contribution < 1.29 is 109 Å². The number of carbonyl (C=O) groups is 4. The number of esters is 4. The van der Waals surface area contributed by atoms with Crippen LogP contribution in [0.25, 0.3) is 0 Å². The van der Waals surface area contributed by atoms with Crippen molar-refractivity contribution in [2.45, 2.75) is 30.7 Å². The van der Waals surface area contributed by atoms with Gasteiger partial charge in [-0.3, -0.25) is 0 Å². The summed E-state index contributed by atoms with van der Waals surface area (Å²) in [5.74, 6) is -17.9. The van der Waals surface area contributed by atoms with Gasteiger partial charge in [0.2, 0.25) is 6.29 Å². The second-order valence-corrected chi connectivity index (χ2v) is 11.7.